The van der Waals surface area contributed by atoms with Gasteiger partial charge in [-0.1, -0.05) is 42.5 Å². The predicted molar refractivity (Wildman–Crippen MR) is 164 cm³/mol. The first-order chi connectivity index (χ1) is 20.5. The lowest BCUT2D eigenvalue weighted by Gasteiger charge is -2.25. The van der Waals surface area contributed by atoms with Crippen molar-refractivity contribution in [2.45, 2.75) is 37.8 Å². The number of benzene rings is 3. The van der Waals surface area contributed by atoms with Crippen molar-refractivity contribution in [3.63, 3.8) is 0 Å². The highest BCUT2D eigenvalue weighted by Gasteiger charge is 2.36. The predicted octanol–water partition coefficient (Wildman–Crippen LogP) is 4.81. The zero-order valence-electron chi connectivity index (χ0n) is 23.9. The van der Waals surface area contributed by atoms with Crippen molar-refractivity contribution < 1.29 is 23.9 Å². The van der Waals surface area contributed by atoms with E-state index in [2.05, 4.69) is 16.0 Å². The summed E-state index contributed by atoms with van der Waals surface area (Å²) in [5.41, 5.74) is 3.78. The van der Waals surface area contributed by atoms with E-state index in [4.69, 9.17) is 9.47 Å². The molecule has 2 saturated heterocycles. The fourth-order valence-electron chi connectivity index (χ4n) is 5.40. The van der Waals surface area contributed by atoms with Gasteiger partial charge in [-0.15, -0.1) is 0 Å². The van der Waals surface area contributed by atoms with Gasteiger partial charge >= 0.3 is 0 Å². The van der Waals surface area contributed by atoms with Gasteiger partial charge in [0.25, 0.3) is 5.91 Å². The molecule has 2 fully saturated rings. The van der Waals surface area contributed by atoms with Crippen LogP contribution in [0.25, 0.3) is 12.2 Å². The Labute approximate surface area is 245 Å². The first kappa shape index (κ1) is 28.9. The number of hydrogen-bond acceptors (Lipinski definition) is 6. The summed E-state index contributed by atoms with van der Waals surface area (Å²) >= 11 is 0. The van der Waals surface area contributed by atoms with E-state index in [1.165, 1.54) is 14.2 Å². The summed E-state index contributed by atoms with van der Waals surface area (Å²) in [6, 6.07) is 19.7. The van der Waals surface area contributed by atoms with Gasteiger partial charge in [-0.25, -0.2) is 0 Å². The SMILES string of the molecule is COc1cccc(C(=O)N2CCC[C@H]2C(=O)Nc2ccc(/C=C/c3ccc(NC(=O)[C@@H]4CCCN4)cc3)cc2)c1OC. The topological polar surface area (TPSA) is 109 Å². The molecular weight excluding hydrogens is 532 g/mol. The maximum Gasteiger partial charge on any atom is 0.258 e. The number of carbonyl (C=O) groups excluding carboxylic acids is 3. The number of nitrogens with one attached hydrogen (secondary N) is 3. The number of nitrogens with zero attached hydrogens (tertiary/aromatic N) is 1. The molecule has 0 saturated carbocycles. The lowest BCUT2D eigenvalue weighted by atomic mass is 10.1. The number of carbonyl (C=O) groups is 3. The highest BCUT2D eigenvalue weighted by Crippen LogP contribution is 2.33. The molecule has 2 aliphatic rings. The van der Waals surface area contributed by atoms with E-state index in [1.54, 1.807) is 23.1 Å². The summed E-state index contributed by atoms with van der Waals surface area (Å²) < 4.78 is 10.8. The number of likely N-dealkylation sites (tertiary alicyclic amines) is 1. The third kappa shape index (κ3) is 6.63. The molecule has 3 aromatic carbocycles. The Morgan fingerprint density at radius 2 is 1.45 bits per heavy atom. The lowest BCUT2D eigenvalue weighted by Crippen LogP contribution is -2.43. The quantitative estimate of drug-likeness (QED) is 0.320. The fourth-order valence-corrected chi connectivity index (χ4v) is 5.40. The zero-order chi connectivity index (χ0) is 29.5. The van der Waals surface area contributed by atoms with Gasteiger partial charge in [0.1, 0.15) is 6.04 Å². The van der Waals surface area contributed by atoms with Crippen molar-refractivity contribution in [2.24, 2.45) is 0 Å². The molecule has 3 aromatic rings. The van der Waals surface area contributed by atoms with Crippen LogP contribution in [0.1, 0.15) is 47.2 Å². The first-order valence-corrected chi connectivity index (χ1v) is 14.2. The minimum absolute atomic E-state index is 0.00676. The molecule has 0 unspecified atom stereocenters. The van der Waals surface area contributed by atoms with Crippen molar-refractivity contribution in [3.05, 3.63) is 83.4 Å². The Kier molecular flexibility index (Phi) is 9.18. The van der Waals surface area contributed by atoms with E-state index >= 15 is 0 Å². The van der Waals surface area contributed by atoms with Gasteiger partial charge in [0.05, 0.1) is 25.8 Å². The Morgan fingerprint density at radius 3 is 2.02 bits per heavy atom. The normalized spacial score (nSPS) is 18.2. The summed E-state index contributed by atoms with van der Waals surface area (Å²) in [5, 5.41) is 9.13. The Bertz CT molecular complexity index is 1450. The molecule has 0 bridgehead atoms. The summed E-state index contributed by atoms with van der Waals surface area (Å²) in [6.45, 7) is 1.38. The molecule has 0 spiro atoms. The summed E-state index contributed by atoms with van der Waals surface area (Å²) in [5.74, 6) is 0.356. The van der Waals surface area contributed by atoms with Gasteiger partial charge in [-0.2, -0.15) is 0 Å². The second kappa shape index (κ2) is 13.4. The van der Waals surface area contributed by atoms with Crippen molar-refractivity contribution in [2.75, 3.05) is 37.9 Å². The van der Waals surface area contributed by atoms with Crippen LogP contribution in [-0.2, 0) is 9.59 Å². The largest absolute Gasteiger partial charge is 0.493 e. The lowest BCUT2D eigenvalue weighted by molar-refractivity contribution is -0.120. The molecule has 5 rings (SSSR count). The van der Waals surface area contributed by atoms with Crippen LogP contribution in [0.3, 0.4) is 0 Å². The van der Waals surface area contributed by atoms with Crippen LogP contribution in [0.2, 0.25) is 0 Å². The highest BCUT2D eigenvalue weighted by molar-refractivity contribution is 6.03. The molecule has 0 aliphatic carbocycles. The van der Waals surface area contributed by atoms with Gasteiger partial charge < -0.3 is 30.3 Å². The van der Waals surface area contributed by atoms with Crippen LogP contribution < -0.4 is 25.4 Å². The minimum Gasteiger partial charge on any atom is -0.493 e. The molecule has 3 amide bonds. The third-order valence-electron chi connectivity index (χ3n) is 7.65. The van der Waals surface area contributed by atoms with Crippen molar-refractivity contribution >= 4 is 41.2 Å². The maximum atomic E-state index is 13.4. The Balaban J connectivity index is 1.17. The van der Waals surface area contributed by atoms with Crippen LogP contribution in [0.4, 0.5) is 11.4 Å². The van der Waals surface area contributed by atoms with Gasteiger partial charge in [0.2, 0.25) is 11.8 Å². The Hall–Kier alpha value is -4.63. The van der Waals surface area contributed by atoms with E-state index in [0.717, 1.165) is 42.6 Å². The molecule has 2 aliphatic heterocycles. The highest BCUT2D eigenvalue weighted by atomic mass is 16.5. The molecule has 2 atom stereocenters. The third-order valence-corrected chi connectivity index (χ3v) is 7.65. The number of anilines is 2. The van der Waals surface area contributed by atoms with E-state index in [9.17, 15) is 14.4 Å². The smallest absolute Gasteiger partial charge is 0.258 e. The van der Waals surface area contributed by atoms with Crippen LogP contribution in [0, 0.1) is 0 Å². The molecule has 2 heterocycles. The zero-order valence-corrected chi connectivity index (χ0v) is 23.9. The van der Waals surface area contributed by atoms with E-state index in [-0.39, 0.29) is 23.8 Å². The van der Waals surface area contributed by atoms with Crippen molar-refractivity contribution in [1.29, 1.82) is 0 Å². The fraction of sp³-hybridized carbons (Fsp3) is 0.303. The maximum absolute atomic E-state index is 13.4. The average Bonchev–Trinajstić information content (AvgIpc) is 3.74. The summed E-state index contributed by atoms with van der Waals surface area (Å²) in [7, 11) is 3.02. The Morgan fingerprint density at radius 1 is 0.810 bits per heavy atom. The second-order valence-corrected chi connectivity index (χ2v) is 10.4. The summed E-state index contributed by atoms with van der Waals surface area (Å²) in [4.78, 5) is 40.5. The van der Waals surface area contributed by atoms with E-state index in [0.29, 0.717) is 35.7 Å². The molecule has 218 valence electrons. The summed E-state index contributed by atoms with van der Waals surface area (Å²) in [6.07, 6.45) is 7.20. The number of para-hydroxylation sites is 1. The second-order valence-electron chi connectivity index (χ2n) is 10.4. The van der Waals surface area contributed by atoms with Gasteiger partial charge in [-0.05, 0) is 79.8 Å². The first-order valence-electron chi connectivity index (χ1n) is 14.2. The van der Waals surface area contributed by atoms with E-state index in [1.807, 2.05) is 60.7 Å². The number of amides is 3. The number of rotatable bonds is 9. The van der Waals surface area contributed by atoms with Gasteiger partial charge in [0.15, 0.2) is 11.5 Å². The van der Waals surface area contributed by atoms with Gasteiger partial charge in [0, 0.05) is 17.9 Å². The average molecular weight is 569 g/mol. The monoisotopic (exact) mass is 568 g/mol. The molecule has 42 heavy (non-hydrogen) atoms. The van der Waals surface area contributed by atoms with Crippen LogP contribution >= 0.6 is 0 Å². The molecule has 9 nitrogen and oxygen atoms in total. The number of methoxy groups -OCH3 is 2. The van der Waals surface area contributed by atoms with Crippen molar-refractivity contribution in [3.8, 4) is 11.5 Å². The van der Waals surface area contributed by atoms with Crippen LogP contribution in [0.5, 0.6) is 11.5 Å². The van der Waals surface area contributed by atoms with Crippen molar-refractivity contribution in [1.82, 2.24) is 10.2 Å². The molecule has 9 heteroatoms. The standard InChI is InChI=1S/C33H36N4O5/c1-41-29-9-3-6-26(30(29)42-2)33(40)37-21-5-8-28(37)32(39)36-25-18-14-23(15-19-25)11-10-22-12-16-24(17-13-22)35-31(38)27-7-4-20-34-27/h3,6,9-19,27-28,34H,4-5,7-8,20-21H2,1-2H3,(H,35,38)(H,36,39)/b11-10+/t27-,28-/m0/s1. The molecular formula is C33H36N4O5. The number of ether oxygens (including phenoxy) is 2. The van der Waals surface area contributed by atoms with Gasteiger partial charge in [-0.3, -0.25) is 14.4 Å². The minimum atomic E-state index is -0.574. The number of hydrogen-bond donors (Lipinski definition) is 3. The van der Waals surface area contributed by atoms with Crippen LogP contribution in [0.15, 0.2) is 66.7 Å². The van der Waals surface area contributed by atoms with E-state index < -0.39 is 6.04 Å². The molecule has 0 radical (unpaired) electrons. The molecule has 3 N–H and O–H groups in total. The van der Waals surface area contributed by atoms with Crippen LogP contribution in [-0.4, -0.2) is 62.0 Å². The molecule has 0 aromatic heterocycles.